The SMILES string of the molecule is N/C(=N/O)c1cc(Cl)ccc1Oc1ccc(Cl)c(F)c1. The molecular weight excluding hydrogens is 306 g/mol. The van der Waals surface area contributed by atoms with Crippen LogP contribution in [0.1, 0.15) is 5.56 Å². The van der Waals surface area contributed by atoms with E-state index in [-0.39, 0.29) is 27.9 Å². The number of hydrogen-bond acceptors (Lipinski definition) is 3. The zero-order valence-corrected chi connectivity index (χ0v) is 11.5. The Labute approximate surface area is 124 Å². The molecule has 0 bridgehead atoms. The van der Waals surface area contributed by atoms with Gasteiger partial charge >= 0.3 is 0 Å². The van der Waals surface area contributed by atoms with Gasteiger partial charge in [0, 0.05) is 11.1 Å². The highest BCUT2D eigenvalue weighted by Gasteiger charge is 2.11. The molecule has 0 amide bonds. The van der Waals surface area contributed by atoms with Crippen LogP contribution in [0.5, 0.6) is 11.5 Å². The number of oxime groups is 1. The third-order valence-electron chi connectivity index (χ3n) is 2.44. The van der Waals surface area contributed by atoms with E-state index in [1.165, 1.54) is 24.3 Å². The van der Waals surface area contributed by atoms with Crippen molar-refractivity contribution in [3.63, 3.8) is 0 Å². The lowest BCUT2D eigenvalue weighted by Gasteiger charge is -2.11. The van der Waals surface area contributed by atoms with Crippen molar-refractivity contribution in [2.75, 3.05) is 0 Å². The number of nitrogens with zero attached hydrogens (tertiary/aromatic N) is 1. The van der Waals surface area contributed by atoms with Crippen LogP contribution in [-0.4, -0.2) is 11.0 Å². The zero-order chi connectivity index (χ0) is 14.7. The first-order valence-corrected chi connectivity index (χ1v) is 6.17. The molecule has 20 heavy (non-hydrogen) atoms. The highest BCUT2D eigenvalue weighted by molar-refractivity contribution is 6.31. The van der Waals surface area contributed by atoms with Gasteiger partial charge in [-0.05, 0) is 30.3 Å². The molecule has 0 radical (unpaired) electrons. The molecule has 0 aromatic heterocycles. The maximum atomic E-state index is 13.3. The summed E-state index contributed by atoms with van der Waals surface area (Å²) >= 11 is 11.4. The van der Waals surface area contributed by atoms with E-state index in [1.54, 1.807) is 6.07 Å². The predicted octanol–water partition coefficient (Wildman–Crippen LogP) is 4.02. The van der Waals surface area contributed by atoms with Crippen LogP contribution in [0.2, 0.25) is 10.0 Å². The predicted molar refractivity (Wildman–Crippen MR) is 75.4 cm³/mol. The fraction of sp³-hybridized carbons (Fsp3) is 0. The second-order valence-corrected chi connectivity index (χ2v) is 4.65. The van der Waals surface area contributed by atoms with Gasteiger partial charge in [-0.15, -0.1) is 0 Å². The summed E-state index contributed by atoms with van der Waals surface area (Å²) in [5, 5.41) is 12.0. The number of nitrogens with two attached hydrogens (primary N) is 1. The van der Waals surface area contributed by atoms with Gasteiger partial charge in [-0.2, -0.15) is 0 Å². The summed E-state index contributed by atoms with van der Waals surface area (Å²) in [5.41, 5.74) is 5.83. The van der Waals surface area contributed by atoms with Crippen LogP contribution in [0.3, 0.4) is 0 Å². The van der Waals surface area contributed by atoms with Crippen LogP contribution in [-0.2, 0) is 0 Å². The van der Waals surface area contributed by atoms with Gasteiger partial charge in [-0.25, -0.2) is 4.39 Å². The Hall–Kier alpha value is -1.98. The Morgan fingerprint density at radius 1 is 1.20 bits per heavy atom. The second-order valence-electron chi connectivity index (χ2n) is 3.80. The zero-order valence-electron chi connectivity index (χ0n) is 9.98. The topological polar surface area (TPSA) is 67.8 Å². The van der Waals surface area contributed by atoms with Crippen LogP contribution in [0.25, 0.3) is 0 Å². The van der Waals surface area contributed by atoms with Crippen molar-refractivity contribution < 1.29 is 14.3 Å². The van der Waals surface area contributed by atoms with Crippen molar-refractivity contribution in [2.24, 2.45) is 10.9 Å². The molecule has 2 rings (SSSR count). The minimum absolute atomic E-state index is 0.00915. The van der Waals surface area contributed by atoms with Crippen LogP contribution in [0, 0.1) is 5.82 Å². The van der Waals surface area contributed by atoms with Gasteiger partial charge in [0.05, 0.1) is 10.6 Å². The summed E-state index contributed by atoms with van der Waals surface area (Å²) in [4.78, 5) is 0. The van der Waals surface area contributed by atoms with Crippen molar-refractivity contribution in [3.05, 3.63) is 57.8 Å². The maximum Gasteiger partial charge on any atom is 0.173 e. The van der Waals surface area contributed by atoms with Gasteiger partial charge in [0.15, 0.2) is 5.84 Å². The normalized spacial score (nSPS) is 11.4. The van der Waals surface area contributed by atoms with Crippen molar-refractivity contribution in [2.45, 2.75) is 0 Å². The fourth-order valence-electron chi connectivity index (χ4n) is 1.51. The Bertz CT molecular complexity index is 677. The molecule has 0 aliphatic rings. The van der Waals surface area contributed by atoms with Crippen molar-refractivity contribution in [1.82, 2.24) is 0 Å². The molecule has 0 heterocycles. The first-order chi connectivity index (χ1) is 9.51. The van der Waals surface area contributed by atoms with Gasteiger partial charge < -0.3 is 15.7 Å². The van der Waals surface area contributed by atoms with Gasteiger partial charge in [0.1, 0.15) is 17.3 Å². The molecule has 2 aromatic rings. The van der Waals surface area contributed by atoms with Crippen LogP contribution in [0.15, 0.2) is 41.6 Å². The Morgan fingerprint density at radius 3 is 2.60 bits per heavy atom. The average molecular weight is 315 g/mol. The van der Waals surface area contributed by atoms with E-state index in [9.17, 15) is 4.39 Å². The molecule has 0 unspecified atom stereocenters. The summed E-state index contributed by atoms with van der Waals surface area (Å²) in [6.45, 7) is 0. The molecule has 0 saturated heterocycles. The molecule has 0 saturated carbocycles. The maximum absolute atomic E-state index is 13.3. The van der Waals surface area contributed by atoms with Gasteiger partial charge in [-0.3, -0.25) is 0 Å². The second kappa shape index (κ2) is 5.98. The Balaban J connectivity index is 2.40. The lowest BCUT2D eigenvalue weighted by atomic mass is 10.2. The summed E-state index contributed by atoms with van der Waals surface area (Å²) in [6, 6.07) is 8.56. The summed E-state index contributed by atoms with van der Waals surface area (Å²) in [5.74, 6) is -0.284. The van der Waals surface area contributed by atoms with E-state index in [0.717, 1.165) is 6.07 Å². The third-order valence-corrected chi connectivity index (χ3v) is 2.99. The highest BCUT2D eigenvalue weighted by Crippen LogP contribution is 2.29. The molecule has 104 valence electrons. The number of benzene rings is 2. The molecule has 0 atom stereocenters. The summed E-state index contributed by atoms with van der Waals surface area (Å²) in [6.07, 6.45) is 0. The highest BCUT2D eigenvalue weighted by atomic mass is 35.5. The monoisotopic (exact) mass is 314 g/mol. The van der Waals surface area contributed by atoms with E-state index in [1.807, 2.05) is 0 Å². The number of ether oxygens (including phenoxy) is 1. The lowest BCUT2D eigenvalue weighted by Crippen LogP contribution is -2.14. The van der Waals surface area contributed by atoms with Crippen LogP contribution < -0.4 is 10.5 Å². The van der Waals surface area contributed by atoms with E-state index < -0.39 is 5.82 Å². The molecule has 7 heteroatoms. The van der Waals surface area contributed by atoms with Gasteiger partial charge in [-0.1, -0.05) is 28.4 Å². The largest absolute Gasteiger partial charge is 0.456 e. The molecule has 0 fully saturated rings. The molecule has 0 spiro atoms. The minimum atomic E-state index is -0.608. The minimum Gasteiger partial charge on any atom is -0.456 e. The number of rotatable bonds is 3. The van der Waals surface area contributed by atoms with Crippen molar-refractivity contribution in [3.8, 4) is 11.5 Å². The molecule has 0 aliphatic carbocycles. The molecule has 0 aliphatic heterocycles. The van der Waals surface area contributed by atoms with Crippen LogP contribution in [0.4, 0.5) is 4.39 Å². The Morgan fingerprint density at radius 2 is 1.95 bits per heavy atom. The first-order valence-electron chi connectivity index (χ1n) is 5.41. The van der Waals surface area contributed by atoms with Crippen molar-refractivity contribution >= 4 is 29.0 Å². The van der Waals surface area contributed by atoms with E-state index in [2.05, 4.69) is 5.16 Å². The van der Waals surface area contributed by atoms with Gasteiger partial charge in [0.25, 0.3) is 0 Å². The molecular formula is C13H9Cl2FN2O2. The standard InChI is InChI=1S/C13H9Cl2FN2O2/c14-7-1-4-12(9(5-7)13(17)18-19)20-8-2-3-10(15)11(16)6-8/h1-6,19H,(H2,17,18). The lowest BCUT2D eigenvalue weighted by molar-refractivity contribution is 0.318. The van der Waals surface area contributed by atoms with E-state index >= 15 is 0 Å². The smallest absolute Gasteiger partial charge is 0.173 e. The molecule has 2 aromatic carbocycles. The summed E-state index contributed by atoms with van der Waals surface area (Å²) < 4.78 is 18.8. The van der Waals surface area contributed by atoms with E-state index in [0.29, 0.717) is 5.02 Å². The molecule has 3 N–H and O–H groups in total. The van der Waals surface area contributed by atoms with Gasteiger partial charge in [0.2, 0.25) is 0 Å². The first kappa shape index (κ1) is 14.4. The fourth-order valence-corrected chi connectivity index (χ4v) is 1.80. The quantitative estimate of drug-likeness (QED) is 0.389. The Kier molecular flexibility index (Phi) is 4.32. The average Bonchev–Trinajstić information content (AvgIpc) is 2.44. The summed E-state index contributed by atoms with van der Waals surface area (Å²) in [7, 11) is 0. The van der Waals surface area contributed by atoms with E-state index in [4.69, 9.17) is 38.9 Å². The van der Waals surface area contributed by atoms with Crippen LogP contribution >= 0.6 is 23.2 Å². The van der Waals surface area contributed by atoms with Crippen molar-refractivity contribution in [1.29, 1.82) is 0 Å². The third kappa shape index (κ3) is 3.12. The number of halogens is 3. The number of hydrogen-bond donors (Lipinski definition) is 2. The molecule has 4 nitrogen and oxygen atoms in total. The number of amidine groups is 1.